The first-order valence-corrected chi connectivity index (χ1v) is 8.44. The second-order valence-corrected chi connectivity index (χ2v) is 6.88. The Balaban J connectivity index is 2.12. The Hall–Kier alpha value is -0.320. The lowest BCUT2D eigenvalue weighted by molar-refractivity contribution is 1.09. The molecule has 0 saturated carbocycles. The molecule has 0 heterocycles. The molecular weight excluding hydrogens is 434 g/mol. The third-order valence-corrected chi connectivity index (χ3v) is 5.29. The largest absolute Gasteiger partial charge is 0.381 e. The smallest absolute Gasteiger partial charge is 0.0401 e. The predicted octanol–water partition coefficient (Wildman–Crippen LogP) is 6.15. The number of anilines is 1. The molecule has 2 aromatic rings. The van der Waals surface area contributed by atoms with Gasteiger partial charge in [0.1, 0.15) is 0 Å². The van der Waals surface area contributed by atoms with E-state index >= 15 is 0 Å². The molecule has 2 rings (SSSR count). The monoisotopic (exact) mass is 445 g/mol. The van der Waals surface area contributed by atoms with Gasteiger partial charge in [-0.2, -0.15) is 0 Å². The minimum atomic E-state index is 0.820. The van der Waals surface area contributed by atoms with E-state index in [2.05, 4.69) is 96.4 Å². The number of aryl methyl sites for hydroxylation is 1. The molecule has 0 radical (unpaired) electrons. The minimum absolute atomic E-state index is 0.820. The molecule has 1 N–H and O–H groups in total. The molecule has 0 unspecified atom stereocenters. The molecule has 2 aromatic carbocycles. The van der Waals surface area contributed by atoms with E-state index in [1.54, 1.807) is 0 Å². The van der Waals surface area contributed by atoms with E-state index in [9.17, 15) is 0 Å². The van der Waals surface area contributed by atoms with Crippen LogP contribution in [0, 0.1) is 0 Å². The van der Waals surface area contributed by atoms with Crippen LogP contribution in [0.3, 0.4) is 0 Å². The Morgan fingerprint density at radius 3 is 2.42 bits per heavy atom. The predicted molar refractivity (Wildman–Crippen MR) is 92.7 cm³/mol. The lowest BCUT2D eigenvalue weighted by Gasteiger charge is -2.12. The van der Waals surface area contributed by atoms with E-state index in [-0.39, 0.29) is 0 Å². The fraction of sp³-hybridized carbons (Fsp3) is 0.200. The van der Waals surface area contributed by atoms with Crippen LogP contribution in [0.1, 0.15) is 18.1 Å². The van der Waals surface area contributed by atoms with Crippen molar-refractivity contribution in [1.82, 2.24) is 0 Å². The second kappa shape index (κ2) is 6.91. The Morgan fingerprint density at radius 2 is 1.74 bits per heavy atom. The number of halogens is 3. The van der Waals surface area contributed by atoms with Crippen LogP contribution in [0.2, 0.25) is 0 Å². The highest BCUT2D eigenvalue weighted by atomic mass is 79.9. The van der Waals surface area contributed by atoms with Crippen molar-refractivity contribution in [1.29, 1.82) is 0 Å². The average Bonchev–Trinajstić information content (AvgIpc) is 2.41. The molecule has 19 heavy (non-hydrogen) atoms. The van der Waals surface area contributed by atoms with Crippen LogP contribution < -0.4 is 5.32 Å². The minimum Gasteiger partial charge on any atom is -0.381 e. The van der Waals surface area contributed by atoms with Crippen molar-refractivity contribution >= 4 is 53.5 Å². The third kappa shape index (κ3) is 4.07. The van der Waals surface area contributed by atoms with Crippen LogP contribution in [0.25, 0.3) is 0 Å². The van der Waals surface area contributed by atoms with Crippen molar-refractivity contribution in [2.45, 2.75) is 19.9 Å². The maximum atomic E-state index is 3.53. The molecule has 0 fully saturated rings. The molecule has 0 aliphatic carbocycles. The van der Waals surface area contributed by atoms with E-state index in [1.807, 2.05) is 0 Å². The molecule has 0 saturated heterocycles. The quantitative estimate of drug-likeness (QED) is 0.592. The van der Waals surface area contributed by atoms with Crippen molar-refractivity contribution in [3.63, 3.8) is 0 Å². The SMILES string of the molecule is CCc1cc(Br)ccc1NCc1ccc(Br)c(Br)c1. The number of benzene rings is 2. The highest BCUT2D eigenvalue weighted by Crippen LogP contribution is 2.25. The average molecular weight is 448 g/mol. The summed E-state index contributed by atoms with van der Waals surface area (Å²) in [4.78, 5) is 0. The van der Waals surface area contributed by atoms with E-state index in [0.29, 0.717) is 0 Å². The van der Waals surface area contributed by atoms with E-state index in [4.69, 9.17) is 0 Å². The van der Waals surface area contributed by atoms with Gasteiger partial charge in [0.25, 0.3) is 0 Å². The Bertz CT molecular complexity index is 582. The third-order valence-electron chi connectivity index (χ3n) is 2.92. The Morgan fingerprint density at radius 1 is 0.947 bits per heavy atom. The second-order valence-electron chi connectivity index (χ2n) is 4.26. The lowest BCUT2D eigenvalue weighted by atomic mass is 10.1. The number of nitrogens with one attached hydrogen (secondary N) is 1. The molecule has 0 atom stereocenters. The molecule has 1 nitrogen and oxygen atoms in total. The van der Waals surface area contributed by atoms with Crippen LogP contribution in [0.5, 0.6) is 0 Å². The molecule has 0 aliphatic heterocycles. The summed E-state index contributed by atoms with van der Waals surface area (Å²) in [5.41, 5.74) is 3.77. The van der Waals surface area contributed by atoms with Gasteiger partial charge in [-0.05, 0) is 79.7 Å². The fourth-order valence-corrected chi connectivity index (χ4v) is 2.96. The van der Waals surface area contributed by atoms with Crippen molar-refractivity contribution in [3.8, 4) is 0 Å². The zero-order valence-corrected chi connectivity index (χ0v) is 15.3. The van der Waals surface area contributed by atoms with Crippen LogP contribution >= 0.6 is 47.8 Å². The number of hydrogen-bond acceptors (Lipinski definition) is 1. The summed E-state index contributed by atoms with van der Waals surface area (Å²) in [5.74, 6) is 0. The Labute approximate surface area is 139 Å². The van der Waals surface area contributed by atoms with Crippen molar-refractivity contribution in [2.75, 3.05) is 5.32 Å². The van der Waals surface area contributed by atoms with Crippen molar-refractivity contribution in [2.24, 2.45) is 0 Å². The summed E-state index contributed by atoms with van der Waals surface area (Å²) >= 11 is 10.5. The first kappa shape index (κ1) is 15.1. The molecular formula is C15H14Br3N. The van der Waals surface area contributed by atoms with Gasteiger partial charge < -0.3 is 5.32 Å². The zero-order chi connectivity index (χ0) is 13.8. The summed E-state index contributed by atoms with van der Waals surface area (Å²) in [6, 6.07) is 12.7. The van der Waals surface area contributed by atoms with Gasteiger partial charge in [0.15, 0.2) is 0 Å². The van der Waals surface area contributed by atoms with E-state index in [1.165, 1.54) is 16.8 Å². The van der Waals surface area contributed by atoms with Gasteiger partial charge in [-0.1, -0.05) is 28.9 Å². The van der Waals surface area contributed by atoms with Gasteiger partial charge in [-0.15, -0.1) is 0 Å². The molecule has 4 heteroatoms. The highest BCUT2D eigenvalue weighted by Gasteiger charge is 2.03. The van der Waals surface area contributed by atoms with Gasteiger partial charge >= 0.3 is 0 Å². The van der Waals surface area contributed by atoms with E-state index < -0.39 is 0 Å². The van der Waals surface area contributed by atoms with Crippen molar-refractivity contribution in [3.05, 3.63) is 60.9 Å². The van der Waals surface area contributed by atoms with Gasteiger partial charge in [-0.3, -0.25) is 0 Å². The van der Waals surface area contributed by atoms with Gasteiger partial charge in [0.2, 0.25) is 0 Å². The van der Waals surface area contributed by atoms with Crippen molar-refractivity contribution < 1.29 is 0 Å². The summed E-state index contributed by atoms with van der Waals surface area (Å²) < 4.78 is 3.29. The normalized spacial score (nSPS) is 10.5. The van der Waals surface area contributed by atoms with Crippen LogP contribution in [0.15, 0.2) is 49.8 Å². The number of hydrogen-bond donors (Lipinski definition) is 1. The standard InChI is InChI=1S/C15H14Br3N/c1-2-11-8-12(16)4-6-15(11)19-9-10-3-5-13(17)14(18)7-10/h3-8,19H,2,9H2,1H3. The van der Waals surface area contributed by atoms with E-state index in [0.717, 1.165) is 26.4 Å². The summed E-state index contributed by atoms with van der Waals surface area (Å²) in [5, 5.41) is 3.50. The summed E-state index contributed by atoms with van der Waals surface area (Å²) in [6.07, 6.45) is 1.02. The Kier molecular flexibility index (Phi) is 5.48. The fourth-order valence-electron chi connectivity index (χ4n) is 1.87. The van der Waals surface area contributed by atoms with Gasteiger partial charge in [0.05, 0.1) is 0 Å². The summed E-state index contributed by atoms with van der Waals surface area (Å²) in [7, 11) is 0. The van der Waals surface area contributed by atoms with Gasteiger partial charge in [-0.25, -0.2) is 0 Å². The van der Waals surface area contributed by atoms with Crippen LogP contribution in [0.4, 0.5) is 5.69 Å². The highest BCUT2D eigenvalue weighted by molar-refractivity contribution is 9.13. The topological polar surface area (TPSA) is 12.0 Å². The molecule has 0 spiro atoms. The molecule has 0 amide bonds. The maximum Gasteiger partial charge on any atom is 0.0401 e. The zero-order valence-electron chi connectivity index (χ0n) is 10.5. The molecule has 0 aromatic heterocycles. The first-order valence-electron chi connectivity index (χ1n) is 6.06. The van der Waals surface area contributed by atoms with Crippen LogP contribution in [-0.4, -0.2) is 0 Å². The number of rotatable bonds is 4. The maximum absolute atomic E-state index is 3.53. The van der Waals surface area contributed by atoms with Crippen LogP contribution in [-0.2, 0) is 13.0 Å². The molecule has 100 valence electrons. The van der Waals surface area contributed by atoms with Gasteiger partial charge in [0, 0.05) is 25.7 Å². The lowest BCUT2D eigenvalue weighted by Crippen LogP contribution is -2.02. The molecule has 0 bridgehead atoms. The molecule has 0 aliphatic rings. The first-order chi connectivity index (χ1) is 9.10. The summed E-state index contributed by atoms with van der Waals surface area (Å²) in [6.45, 7) is 2.99.